The van der Waals surface area contributed by atoms with Crippen molar-refractivity contribution in [1.29, 1.82) is 0 Å². The van der Waals surface area contributed by atoms with Gasteiger partial charge in [-0.2, -0.15) is 0 Å². The Balaban J connectivity index is 0.000000245. The third-order valence-electron chi connectivity index (χ3n) is 7.38. The SMILES string of the molecule is CP(=O)(CP(=O)(O)OCc1ccccc1)OCc1ccccc1.CP(=O)(CP(=O)(OCc1ccccc1)OCc1ccccc1)OCc1ccccc1. The van der Waals surface area contributed by atoms with Crippen molar-refractivity contribution in [3.63, 3.8) is 0 Å². The predicted octanol–water partition coefficient (Wildman–Crippen LogP) is 11.2. The van der Waals surface area contributed by atoms with E-state index in [0.29, 0.717) is 0 Å². The maximum Gasteiger partial charge on any atom is 0.340 e. The van der Waals surface area contributed by atoms with Crippen LogP contribution in [0.1, 0.15) is 27.8 Å². The van der Waals surface area contributed by atoms with E-state index in [2.05, 4.69) is 0 Å². The summed E-state index contributed by atoms with van der Waals surface area (Å²) < 4.78 is 78.5. The molecule has 282 valence electrons. The van der Waals surface area contributed by atoms with Gasteiger partial charge in [-0.25, -0.2) is 0 Å². The molecular formula is C39H46O10P4. The van der Waals surface area contributed by atoms with E-state index in [4.69, 9.17) is 22.6 Å². The first kappa shape index (κ1) is 42.5. The van der Waals surface area contributed by atoms with Gasteiger partial charge in [0.1, 0.15) is 11.8 Å². The first-order valence-corrected chi connectivity index (χ1v) is 24.8. The van der Waals surface area contributed by atoms with Crippen LogP contribution in [0, 0.1) is 0 Å². The van der Waals surface area contributed by atoms with Gasteiger partial charge in [-0.15, -0.1) is 0 Å². The fourth-order valence-corrected chi connectivity index (χ4v) is 13.4. The lowest BCUT2D eigenvalue weighted by atomic mass is 10.2. The van der Waals surface area contributed by atoms with Gasteiger partial charge in [0, 0.05) is 13.3 Å². The Morgan fingerprint density at radius 2 is 0.623 bits per heavy atom. The number of rotatable bonds is 19. The van der Waals surface area contributed by atoms with Crippen molar-refractivity contribution in [3.8, 4) is 0 Å². The summed E-state index contributed by atoms with van der Waals surface area (Å²) >= 11 is 0. The first-order chi connectivity index (χ1) is 25.3. The van der Waals surface area contributed by atoms with E-state index >= 15 is 0 Å². The maximum atomic E-state index is 13.5. The van der Waals surface area contributed by atoms with Crippen molar-refractivity contribution >= 4 is 29.9 Å². The zero-order valence-corrected chi connectivity index (χ0v) is 33.4. The van der Waals surface area contributed by atoms with Crippen LogP contribution in [0.3, 0.4) is 0 Å². The largest absolute Gasteiger partial charge is 0.340 e. The number of hydrogen-bond acceptors (Lipinski definition) is 9. The molecule has 0 aliphatic carbocycles. The van der Waals surface area contributed by atoms with Crippen LogP contribution in [0.15, 0.2) is 152 Å². The number of hydrogen-bond donors (Lipinski definition) is 1. The summed E-state index contributed by atoms with van der Waals surface area (Å²) in [5.41, 5.74) is 4.24. The van der Waals surface area contributed by atoms with Gasteiger partial charge >= 0.3 is 15.2 Å². The molecule has 0 spiro atoms. The standard InChI is InChI=1S/C23H26O5P2.C16H20O5P2/c1-29(24,26-17-21-11-5-2-6-12-21)20-30(25,27-18-22-13-7-3-8-14-22)28-19-23-15-9-4-10-16-23;1-22(17,20-12-15-8-4-2-5-9-15)14-23(18,19)21-13-16-10-6-3-7-11-16/h2-16H,17-20H2,1H3;2-11H,12-14H2,1H3,(H,18,19). The molecule has 0 aliphatic heterocycles. The summed E-state index contributed by atoms with van der Waals surface area (Å²) in [5, 5.41) is 0. The zero-order valence-electron chi connectivity index (χ0n) is 29.8. The molecule has 0 saturated carbocycles. The van der Waals surface area contributed by atoms with Crippen LogP contribution in [0.4, 0.5) is 0 Å². The zero-order chi connectivity index (χ0) is 38.0. The van der Waals surface area contributed by atoms with Crippen LogP contribution in [0.2, 0.25) is 0 Å². The smallest absolute Gasteiger partial charge is 0.324 e. The third-order valence-corrected chi connectivity index (χ3v) is 17.2. The highest BCUT2D eigenvalue weighted by Gasteiger charge is 2.35. The van der Waals surface area contributed by atoms with Crippen molar-refractivity contribution in [2.24, 2.45) is 0 Å². The summed E-state index contributed by atoms with van der Waals surface area (Å²) in [5.74, 6) is -0.786. The van der Waals surface area contributed by atoms with Gasteiger partial charge < -0.3 is 27.5 Å². The monoisotopic (exact) mass is 798 g/mol. The first-order valence-electron chi connectivity index (χ1n) is 16.8. The van der Waals surface area contributed by atoms with E-state index in [0.717, 1.165) is 27.8 Å². The number of benzene rings is 5. The lowest BCUT2D eigenvalue weighted by Crippen LogP contribution is -2.04. The van der Waals surface area contributed by atoms with E-state index in [-0.39, 0.29) is 38.9 Å². The van der Waals surface area contributed by atoms with Gasteiger partial charge in [0.05, 0.1) is 33.0 Å². The summed E-state index contributed by atoms with van der Waals surface area (Å²) in [6.45, 7) is 3.33. The lowest BCUT2D eigenvalue weighted by molar-refractivity contribution is 0.193. The average molecular weight is 799 g/mol. The predicted molar refractivity (Wildman–Crippen MR) is 210 cm³/mol. The molecule has 0 radical (unpaired) electrons. The van der Waals surface area contributed by atoms with Crippen LogP contribution >= 0.6 is 29.9 Å². The fraction of sp³-hybridized carbons (Fsp3) is 0.231. The molecule has 10 nitrogen and oxygen atoms in total. The Labute approximate surface area is 312 Å². The van der Waals surface area contributed by atoms with E-state index in [1.165, 1.54) is 13.3 Å². The molecule has 3 unspecified atom stereocenters. The van der Waals surface area contributed by atoms with Crippen molar-refractivity contribution in [1.82, 2.24) is 0 Å². The van der Waals surface area contributed by atoms with Crippen molar-refractivity contribution in [2.75, 3.05) is 25.1 Å². The second-order valence-electron chi connectivity index (χ2n) is 12.4. The minimum Gasteiger partial charge on any atom is -0.324 e. The molecule has 0 fully saturated rings. The van der Waals surface area contributed by atoms with Crippen LogP contribution < -0.4 is 0 Å². The molecular weight excluding hydrogens is 752 g/mol. The summed E-state index contributed by atoms with van der Waals surface area (Å²) in [6.07, 6.45) is 0. The Kier molecular flexibility index (Phi) is 16.9. The maximum absolute atomic E-state index is 13.5. The Hall–Kier alpha value is -3.22. The molecule has 5 rings (SSSR count). The Morgan fingerprint density at radius 1 is 0.377 bits per heavy atom. The second-order valence-corrected chi connectivity index (χ2v) is 22.5. The highest BCUT2D eigenvalue weighted by molar-refractivity contribution is 7.73. The highest BCUT2D eigenvalue weighted by Crippen LogP contribution is 2.63. The van der Waals surface area contributed by atoms with E-state index in [9.17, 15) is 23.2 Å². The molecule has 0 aliphatic rings. The van der Waals surface area contributed by atoms with Crippen molar-refractivity contribution < 1.29 is 45.8 Å². The van der Waals surface area contributed by atoms with Gasteiger partial charge in [-0.1, -0.05) is 152 Å². The Bertz CT molecular complexity index is 1880. The van der Waals surface area contributed by atoms with Crippen LogP contribution in [0.5, 0.6) is 0 Å². The normalized spacial score (nSPS) is 14.8. The molecule has 3 atom stereocenters. The second kappa shape index (κ2) is 21.0. The Morgan fingerprint density at radius 3 is 0.925 bits per heavy atom. The molecule has 0 heterocycles. The molecule has 14 heteroatoms. The molecule has 5 aromatic rings. The minimum atomic E-state index is -3.99. The van der Waals surface area contributed by atoms with Gasteiger partial charge in [0.25, 0.3) is 0 Å². The lowest BCUT2D eigenvalue weighted by Gasteiger charge is -2.22. The van der Waals surface area contributed by atoms with Crippen LogP contribution in [-0.4, -0.2) is 30.0 Å². The van der Waals surface area contributed by atoms with Gasteiger partial charge in [-0.05, 0) is 27.8 Å². The summed E-state index contributed by atoms with van der Waals surface area (Å²) in [4.78, 5) is 9.89. The molecule has 53 heavy (non-hydrogen) atoms. The van der Waals surface area contributed by atoms with Gasteiger partial charge in [-0.3, -0.25) is 18.3 Å². The van der Waals surface area contributed by atoms with Gasteiger partial charge in [0.15, 0.2) is 0 Å². The van der Waals surface area contributed by atoms with E-state index < -0.39 is 35.8 Å². The summed E-state index contributed by atoms with van der Waals surface area (Å²) in [6, 6.07) is 46.5. The average Bonchev–Trinajstić information content (AvgIpc) is 3.16. The van der Waals surface area contributed by atoms with Crippen LogP contribution in [-0.2, 0) is 73.9 Å². The topological polar surface area (TPSA) is 135 Å². The molecule has 0 saturated heterocycles. The van der Waals surface area contributed by atoms with Crippen LogP contribution in [0.25, 0.3) is 0 Å². The van der Waals surface area contributed by atoms with E-state index in [1.807, 2.05) is 140 Å². The molecule has 0 bridgehead atoms. The summed E-state index contributed by atoms with van der Waals surface area (Å²) in [7, 11) is -14.1. The van der Waals surface area contributed by atoms with Crippen molar-refractivity contribution in [2.45, 2.75) is 33.0 Å². The molecule has 0 aromatic heterocycles. The van der Waals surface area contributed by atoms with E-state index in [1.54, 1.807) is 12.1 Å². The fourth-order valence-electron chi connectivity index (χ4n) is 4.70. The molecule has 1 N–H and O–H groups in total. The van der Waals surface area contributed by atoms with Crippen molar-refractivity contribution in [3.05, 3.63) is 179 Å². The van der Waals surface area contributed by atoms with Gasteiger partial charge in [0.2, 0.25) is 14.7 Å². The molecule has 5 aromatic carbocycles. The molecule has 0 amide bonds. The highest BCUT2D eigenvalue weighted by atomic mass is 31.2. The quantitative estimate of drug-likeness (QED) is 0.0804. The minimum absolute atomic E-state index is 0.00664. The third kappa shape index (κ3) is 17.2.